The molecule has 1 aliphatic rings. The van der Waals surface area contributed by atoms with E-state index in [1.807, 2.05) is 13.8 Å². The van der Waals surface area contributed by atoms with Gasteiger partial charge < -0.3 is 5.11 Å². The summed E-state index contributed by atoms with van der Waals surface area (Å²) in [5, 5.41) is 10.4. The van der Waals surface area contributed by atoms with Crippen molar-refractivity contribution in [2.75, 3.05) is 0 Å². The first-order chi connectivity index (χ1) is 7.35. The Kier molecular flexibility index (Phi) is 2.86. The topological polar surface area (TPSA) is 66.4 Å². The van der Waals surface area contributed by atoms with E-state index in [4.69, 9.17) is 5.11 Å². The predicted octanol–water partition coefficient (Wildman–Crippen LogP) is 1.32. The molecule has 6 heteroatoms. The van der Waals surface area contributed by atoms with Gasteiger partial charge in [-0.2, -0.15) is 0 Å². The Morgan fingerprint density at radius 2 is 2.25 bits per heavy atom. The van der Waals surface area contributed by atoms with Gasteiger partial charge in [-0.3, -0.25) is 0 Å². The summed E-state index contributed by atoms with van der Waals surface area (Å²) in [6.07, 6.45) is 0.878. The van der Waals surface area contributed by atoms with Crippen LogP contribution in [0.2, 0.25) is 0 Å². The standard InChI is InChI=1S/C10H15NO3S2/c1-10(2)4-9(10)11-16(13,14)8-3-7(5-12)15-6-8/h3,6,9,11-12H,4-5H2,1-2H3. The van der Waals surface area contributed by atoms with Gasteiger partial charge >= 0.3 is 0 Å². The molecule has 0 amide bonds. The molecule has 0 saturated heterocycles. The van der Waals surface area contributed by atoms with Crippen LogP contribution in [-0.4, -0.2) is 19.6 Å². The molecule has 1 saturated carbocycles. The number of rotatable bonds is 4. The molecule has 16 heavy (non-hydrogen) atoms. The molecule has 1 aromatic heterocycles. The van der Waals surface area contributed by atoms with E-state index in [2.05, 4.69) is 4.72 Å². The second-order valence-corrected chi connectivity index (χ2v) is 7.48. The van der Waals surface area contributed by atoms with Gasteiger partial charge in [0.1, 0.15) is 0 Å². The van der Waals surface area contributed by atoms with Crippen LogP contribution in [-0.2, 0) is 16.6 Å². The van der Waals surface area contributed by atoms with Gasteiger partial charge in [0.15, 0.2) is 0 Å². The zero-order valence-electron chi connectivity index (χ0n) is 9.23. The van der Waals surface area contributed by atoms with Crippen LogP contribution in [0.1, 0.15) is 25.1 Å². The van der Waals surface area contributed by atoms with Gasteiger partial charge in [0.25, 0.3) is 0 Å². The highest BCUT2D eigenvalue weighted by Crippen LogP contribution is 2.45. The monoisotopic (exact) mass is 261 g/mol. The number of hydrogen-bond donors (Lipinski definition) is 2. The molecule has 1 fully saturated rings. The van der Waals surface area contributed by atoms with Gasteiger partial charge in [-0.25, -0.2) is 13.1 Å². The first-order valence-corrected chi connectivity index (χ1v) is 7.42. The third-order valence-electron chi connectivity index (χ3n) is 2.91. The summed E-state index contributed by atoms with van der Waals surface area (Å²) < 4.78 is 26.5. The highest BCUT2D eigenvalue weighted by atomic mass is 32.2. The molecular weight excluding hydrogens is 246 g/mol. The van der Waals surface area contributed by atoms with Crippen LogP contribution in [0.4, 0.5) is 0 Å². The zero-order chi connectivity index (χ0) is 12.0. The number of thiophene rings is 1. The summed E-state index contributed by atoms with van der Waals surface area (Å²) in [7, 11) is -3.41. The van der Waals surface area contributed by atoms with Crippen LogP contribution in [0.3, 0.4) is 0 Å². The Morgan fingerprint density at radius 1 is 1.62 bits per heavy atom. The third kappa shape index (κ3) is 2.29. The average molecular weight is 261 g/mol. The molecule has 1 aliphatic carbocycles. The highest BCUT2D eigenvalue weighted by Gasteiger charge is 2.47. The van der Waals surface area contributed by atoms with E-state index in [9.17, 15) is 8.42 Å². The molecule has 1 aromatic rings. The molecule has 0 aromatic carbocycles. The zero-order valence-corrected chi connectivity index (χ0v) is 10.9. The number of aliphatic hydroxyl groups excluding tert-OH is 1. The van der Waals surface area contributed by atoms with Crippen LogP contribution in [0.5, 0.6) is 0 Å². The largest absolute Gasteiger partial charge is 0.391 e. The minimum Gasteiger partial charge on any atom is -0.391 e. The highest BCUT2D eigenvalue weighted by molar-refractivity contribution is 7.89. The molecule has 90 valence electrons. The Morgan fingerprint density at radius 3 is 2.69 bits per heavy atom. The molecule has 0 spiro atoms. The van der Waals surface area contributed by atoms with E-state index < -0.39 is 10.0 Å². The van der Waals surface area contributed by atoms with Gasteiger partial charge in [0.05, 0.1) is 11.5 Å². The summed E-state index contributed by atoms with van der Waals surface area (Å²) in [6.45, 7) is 3.95. The van der Waals surface area contributed by atoms with Crippen LogP contribution in [0.25, 0.3) is 0 Å². The Hall–Kier alpha value is -0.430. The van der Waals surface area contributed by atoms with Crippen molar-refractivity contribution in [3.8, 4) is 0 Å². The lowest BCUT2D eigenvalue weighted by Crippen LogP contribution is -2.28. The lowest BCUT2D eigenvalue weighted by atomic mass is 10.2. The van der Waals surface area contributed by atoms with E-state index in [-0.39, 0.29) is 23.0 Å². The fraction of sp³-hybridized carbons (Fsp3) is 0.600. The van der Waals surface area contributed by atoms with E-state index in [0.29, 0.717) is 4.88 Å². The van der Waals surface area contributed by atoms with Crippen LogP contribution >= 0.6 is 11.3 Å². The maximum absolute atomic E-state index is 11.9. The molecule has 0 radical (unpaired) electrons. The molecule has 1 unspecified atom stereocenters. The van der Waals surface area contributed by atoms with Crippen molar-refractivity contribution < 1.29 is 13.5 Å². The van der Waals surface area contributed by atoms with Gasteiger partial charge in [0.2, 0.25) is 10.0 Å². The lowest BCUT2D eigenvalue weighted by Gasteiger charge is -2.06. The van der Waals surface area contributed by atoms with Crippen molar-refractivity contribution >= 4 is 21.4 Å². The van der Waals surface area contributed by atoms with Crippen molar-refractivity contribution in [2.24, 2.45) is 5.41 Å². The first kappa shape index (κ1) is 12.0. The first-order valence-electron chi connectivity index (χ1n) is 5.06. The summed E-state index contributed by atoms with van der Waals surface area (Å²) >= 11 is 1.25. The molecule has 0 aliphatic heterocycles. The second kappa shape index (κ2) is 3.80. The maximum Gasteiger partial charge on any atom is 0.241 e. The Bertz CT molecular complexity index is 490. The number of sulfonamides is 1. The molecule has 2 rings (SSSR count). The van der Waals surface area contributed by atoms with Crippen molar-refractivity contribution in [1.82, 2.24) is 4.72 Å². The number of aliphatic hydroxyl groups is 1. The van der Waals surface area contributed by atoms with E-state index in [0.717, 1.165) is 6.42 Å². The van der Waals surface area contributed by atoms with Crippen LogP contribution in [0, 0.1) is 5.41 Å². The minimum absolute atomic E-state index is 0.0370. The van der Waals surface area contributed by atoms with Gasteiger partial charge in [0, 0.05) is 16.3 Å². The Labute approximate surface area is 99.4 Å². The van der Waals surface area contributed by atoms with E-state index >= 15 is 0 Å². The summed E-state index contributed by atoms with van der Waals surface area (Å²) in [6, 6.07) is 1.55. The van der Waals surface area contributed by atoms with Crippen molar-refractivity contribution in [3.63, 3.8) is 0 Å². The smallest absolute Gasteiger partial charge is 0.241 e. The van der Waals surface area contributed by atoms with E-state index in [1.54, 1.807) is 5.38 Å². The summed E-state index contributed by atoms with van der Waals surface area (Å²) in [5.74, 6) is 0. The number of hydrogen-bond acceptors (Lipinski definition) is 4. The van der Waals surface area contributed by atoms with E-state index in [1.165, 1.54) is 17.4 Å². The maximum atomic E-state index is 11.9. The molecule has 4 nitrogen and oxygen atoms in total. The SMILES string of the molecule is CC1(C)CC1NS(=O)(=O)c1csc(CO)c1. The normalized spacial score (nSPS) is 23.3. The lowest BCUT2D eigenvalue weighted by molar-refractivity contribution is 0.285. The second-order valence-electron chi connectivity index (χ2n) is 4.77. The van der Waals surface area contributed by atoms with Crippen molar-refractivity contribution in [3.05, 3.63) is 16.3 Å². The molecule has 1 atom stereocenters. The van der Waals surface area contributed by atoms with Gasteiger partial charge in [-0.05, 0) is 17.9 Å². The van der Waals surface area contributed by atoms with Gasteiger partial charge in [-0.1, -0.05) is 13.8 Å². The predicted molar refractivity (Wildman–Crippen MR) is 62.7 cm³/mol. The van der Waals surface area contributed by atoms with Crippen molar-refractivity contribution in [1.29, 1.82) is 0 Å². The summed E-state index contributed by atoms with van der Waals surface area (Å²) in [4.78, 5) is 0.916. The fourth-order valence-electron chi connectivity index (χ4n) is 1.51. The molecule has 2 N–H and O–H groups in total. The average Bonchev–Trinajstić information content (AvgIpc) is 2.68. The third-order valence-corrected chi connectivity index (χ3v) is 5.43. The van der Waals surface area contributed by atoms with Gasteiger partial charge in [-0.15, -0.1) is 11.3 Å². The van der Waals surface area contributed by atoms with Crippen LogP contribution < -0.4 is 4.72 Å². The quantitative estimate of drug-likeness (QED) is 0.859. The van der Waals surface area contributed by atoms with Crippen molar-refractivity contribution in [2.45, 2.75) is 37.8 Å². The Balaban J connectivity index is 2.13. The summed E-state index contributed by atoms with van der Waals surface area (Å²) in [5.41, 5.74) is 0.0723. The molecular formula is C10H15NO3S2. The number of nitrogens with one attached hydrogen (secondary N) is 1. The fourth-order valence-corrected chi connectivity index (χ4v) is 4.05. The molecule has 0 bridgehead atoms. The molecule has 1 heterocycles. The minimum atomic E-state index is -3.41. The van der Waals surface area contributed by atoms with Crippen LogP contribution in [0.15, 0.2) is 16.3 Å².